The molecule has 1 aromatic heterocycles. The maximum atomic E-state index is 12.3. The van der Waals surface area contributed by atoms with E-state index in [4.69, 9.17) is 9.47 Å². The highest BCUT2D eigenvalue weighted by molar-refractivity contribution is 5.76. The van der Waals surface area contributed by atoms with Crippen molar-refractivity contribution in [2.45, 2.75) is 25.7 Å². The number of methoxy groups -OCH3 is 1. The Morgan fingerprint density at radius 2 is 1.96 bits per heavy atom. The van der Waals surface area contributed by atoms with Crippen LogP contribution in [-0.4, -0.2) is 47.8 Å². The highest BCUT2D eigenvalue weighted by Gasteiger charge is 2.23. The number of aryl methyl sites for hydroxylation is 1. The fourth-order valence-electron chi connectivity index (χ4n) is 3.06. The predicted molar refractivity (Wildman–Crippen MR) is 94.7 cm³/mol. The molecule has 1 aliphatic heterocycles. The molecule has 1 fully saturated rings. The molecule has 0 bridgehead atoms. The third kappa shape index (κ3) is 4.98. The molecule has 0 atom stereocenters. The van der Waals surface area contributed by atoms with E-state index < -0.39 is 0 Å². The van der Waals surface area contributed by atoms with Crippen LogP contribution >= 0.6 is 0 Å². The van der Waals surface area contributed by atoms with Gasteiger partial charge in [0.05, 0.1) is 19.9 Å². The summed E-state index contributed by atoms with van der Waals surface area (Å²) in [6.45, 7) is 2.34. The van der Waals surface area contributed by atoms with Crippen molar-refractivity contribution in [3.05, 3.63) is 42.2 Å². The van der Waals surface area contributed by atoms with Gasteiger partial charge in [-0.15, -0.1) is 0 Å². The molecule has 1 amide bonds. The van der Waals surface area contributed by atoms with E-state index in [9.17, 15) is 4.79 Å². The normalized spacial score (nSPS) is 15.2. The summed E-state index contributed by atoms with van der Waals surface area (Å²) in [5, 5.41) is 6.68. The molecular formula is C19H25N3O3. The molecule has 1 saturated heterocycles. The minimum atomic E-state index is 0.232. The van der Waals surface area contributed by atoms with Crippen LogP contribution in [0.5, 0.6) is 11.5 Å². The molecule has 2 aromatic rings. The average molecular weight is 343 g/mol. The number of carbonyl (C=O) groups excluding carboxylic acids is 1. The smallest absolute Gasteiger partial charge is 0.222 e. The number of carbonyl (C=O) groups is 1. The van der Waals surface area contributed by atoms with Gasteiger partial charge in [0.1, 0.15) is 11.5 Å². The summed E-state index contributed by atoms with van der Waals surface area (Å²) in [6.07, 6.45) is 6.90. The topological polar surface area (TPSA) is 67.5 Å². The number of nitrogens with zero attached hydrogens (tertiary/aromatic N) is 2. The SMILES string of the molecule is COc1ccc(OCC2CCN(C(=O)CCc3cn[nH]c3)CC2)cc1. The van der Waals surface area contributed by atoms with Crippen LogP contribution in [0.25, 0.3) is 0 Å². The van der Waals surface area contributed by atoms with E-state index in [0.29, 0.717) is 18.9 Å². The van der Waals surface area contributed by atoms with Crippen LogP contribution in [0.15, 0.2) is 36.7 Å². The number of amides is 1. The lowest BCUT2D eigenvalue weighted by Gasteiger charge is -2.32. The van der Waals surface area contributed by atoms with E-state index in [1.165, 1.54) is 0 Å². The summed E-state index contributed by atoms with van der Waals surface area (Å²) in [7, 11) is 1.65. The first kappa shape index (κ1) is 17.3. The summed E-state index contributed by atoms with van der Waals surface area (Å²) in [4.78, 5) is 14.3. The quantitative estimate of drug-likeness (QED) is 0.839. The zero-order chi connectivity index (χ0) is 17.5. The van der Waals surface area contributed by atoms with Gasteiger partial charge in [0.15, 0.2) is 0 Å². The Balaban J connectivity index is 1.37. The van der Waals surface area contributed by atoms with Crippen LogP contribution in [0, 0.1) is 5.92 Å². The summed E-state index contributed by atoms with van der Waals surface area (Å²) in [5.74, 6) is 2.42. The van der Waals surface area contributed by atoms with Gasteiger partial charge in [-0.2, -0.15) is 5.10 Å². The molecule has 1 aliphatic rings. The third-order valence-corrected chi connectivity index (χ3v) is 4.69. The minimum Gasteiger partial charge on any atom is -0.497 e. The second kappa shape index (κ2) is 8.55. The lowest BCUT2D eigenvalue weighted by Crippen LogP contribution is -2.39. The van der Waals surface area contributed by atoms with Gasteiger partial charge in [0, 0.05) is 25.7 Å². The van der Waals surface area contributed by atoms with Crippen molar-refractivity contribution in [1.29, 1.82) is 0 Å². The van der Waals surface area contributed by atoms with Crippen molar-refractivity contribution >= 4 is 5.91 Å². The fraction of sp³-hybridized carbons (Fsp3) is 0.474. The van der Waals surface area contributed by atoms with Crippen LogP contribution in [0.2, 0.25) is 0 Å². The van der Waals surface area contributed by atoms with E-state index >= 15 is 0 Å². The number of nitrogens with one attached hydrogen (secondary N) is 1. The van der Waals surface area contributed by atoms with E-state index in [0.717, 1.165) is 49.4 Å². The third-order valence-electron chi connectivity index (χ3n) is 4.69. The van der Waals surface area contributed by atoms with Crippen LogP contribution in [0.3, 0.4) is 0 Å². The van der Waals surface area contributed by atoms with Gasteiger partial charge < -0.3 is 14.4 Å². The standard InChI is InChI=1S/C19H25N3O3/c1-24-17-3-5-18(6-4-17)25-14-15-8-10-22(11-9-15)19(23)7-2-16-12-20-21-13-16/h3-6,12-13,15H,2,7-11,14H2,1H3,(H,20,21). The van der Waals surface area contributed by atoms with Gasteiger partial charge in [0.2, 0.25) is 5.91 Å². The Labute approximate surface area is 148 Å². The predicted octanol–water partition coefficient (Wildman–Crippen LogP) is 2.67. The Morgan fingerprint density at radius 1 is 1.24 bits per heavy atom. The van der Waals surface area contributed by atoms with Crippen molar-refractivity contribution < 1.29 is 14.3 Å². The molecule has 0 unspecified atom stereocenters. The fourth-order valence-corrected chi connectivity index (χ4v) is 3.06. The zero-order valence-electron chi connectivity index (χ0n) is 14.6. The van der Waals surface area contributed by atoms with Crippen molar-refractivity contribution in [3.63, 3.8) is 0 Å². The molecule has 2 heterocycles. The highest BCUT2D eigenvalue weighted by Crippen LogP contribution is 2.22. The van der Waals surface area contributed by atoms with Crippen molar-refractivity contribution in [3.8, 4) is 11.5 Å². The number of H-pyrrole nitrogens is 1. The molecule has 0 radical (unpaired) electrons. The Morgan fingerprint density at radius 3 is 2.60 bits per heavy atom. The monoisotopic (exact) mass is 343 g/mol. The van der Waals surface area contributed by atoms with Crippen LogP contribution in [0.1, 0.15) is 24.8 Å². The molecule has 134 valence electrons. The molecule has 25 heavy (non-hydrogen) atoms. The maximum absolute atomic E-state index is 12.3. The van der Waals surface area contributed by atoms with Gasteiger partial charge in [-0.1, -0.05) is 0 Å². The maximum Gasteiger partial charge on any atom is 0.222 e. The Hall–Kier alpha value is -2.50. The van der Waals surface area contributed by atoms with Crippen LogP contribution in [-0.2, 0) is 11.2 Å². The molecule has 6 nitrogen and oxygen atoms in total. The lowest BCUT2D eigenvalue weighted by molar-refractivity contribution is -0.132. The van der Waals surface area contributed by atoms with Crippen LogP contribution in [0.4, 0.5) is 0 Å². The second-order valence-corrected chi connectivity index (χ2v) is 6.42. The van der Waals surface area contributed by atoms with Gasteiger partial charge in [-0.3, -0.25) is 9.89 Å². The molecule has 1 N–H and O–H groups in total. The summed E-state index contributed by atoms with van der Waals surface area (Å²) < 4.78 is 11.0. The number of hydrogen-bond acceptors (Lipinski definition) is 4. The molecule has 0 saturated carbocycles. The second-order valence-electron chi connectivity index (χ2n) is 6.42. The molecule has 3 rings (SSSR count). The molecule has 1 aromatic carbocycles. The first-order valence-corrected chi connectivity index (χ1v) is 8.77. The number of likely N-dealkylation sites (tertiary alicyclic amines) is 1. The highest BCUT2D eigenvalue weighted by atomic mass is 16.5. The number of aromatic amines is 1. The number of piperidine rings is 1. The van der Waals surface area contributed by atoms with Gasteiger partial charge in [-0.25, -0.2) is 0 Å². The van der Waals surface area contributed by atoms with Crippen molar-refractivity contribution in [1.82, 2.24) is 15.1 Å². The zero-order valence-corrected chi connectivity index (χ0v) is 14.6. The summed E-state index contributed by atoms with van der Waals surface area (Å²) in [6, 6.07) is 7.65. The van der Waals surface area contributed by atoms with Gasteiger partial charge >= 0.3 is 0 Å². The van der Waals surface area contributed by atoms with Crippen molar-refractivity contribution in [2.75, 3.05) is 26.8 Å². The number of benzene rings is 1. The molecule has 6 heteroatoms. The number of rotatable bonds is 7. The van der Waals surface area contributed by atoms with Gasteiger partial charge in [0.25, 0.3) is 0 Å². The van der Waals surface area contributed by atoms with E-state index in [-0.39, 0.29) is 5.91 Å². The first-order chi connectivity index (χ1) is 12.2. The number of aromatic nitrogens is 2. The Kier molecular flexibility index (Phi) is 5.93. The van der Waals surface area contributed by atoms with Crippen molar-refractivity contribution in [2.24, 2.45) is 5.92 Å². The Bertz CT molecular complexity index is 647. The number of ether oxygens (including phenoxy) is 2. The van der Waals surface area contributed by atoms with E-state index in [2.05, 4.69) is 10.2 Å². The summed E-state index contributed by atoms with van der Waals surface area (Å²) >= 11 is 0. The summed E-state index contributed by atoms with van der Waals surface area (Å²) in [5.41, 5.74) is 1.08. The largest absolute Gasteiger partial charge is 0.497 e. The minimum absolute atomic E-state index is 0.232. The van der Waals surface area contributed by atoms with Crippen LogP contribution < -0.4 is 9.47 Å². The lowest BCUT2D eigenvalue weighted by atomic mass is 9.97. The number of hydrogen-bond donors (Lipinski definition) is 1. The van der Waals surface area contributed by atoms with E-state index in [1.807, 2.05) is 35.4 Å². The molecular weight excluding hydrogens is 318 g/mol. The first-order valence-electron chi connectivity index (χ1n) is 8.77. The van der Waals surface area contributed by atoms with E-state index in [1.54, 1.807) is 13.3 Å². The average Bonchev–Trinajstić information content (AvgIpc) is 3.19. The van der Waals surface area contributed by atoms with Gasteiger partial charge in [-0.05, 0) is 55.0 Å². The molecule has 0 aliphatic carbocycles. The molecule has 0 spiro atoms.